The number of rotatable bonds is 5. The van der Waals surface area contributed by atoms with Crippen molar-refractivity contribution in [1.82, 2.24) is 9.78 Å². The van der Waals surface area contributed by atoms with Crippen molar-refractivity contribution < 1.29 is 18.3 Å². The van der Waals surface area contributed by atoms with Crippen molar-refractivity contribution in [3.63, 3.8) is 0 Å². The molecule has 4 aromatic carbocycles. The molecule has 7 heteroatoms. The zero-order valence-corrected chi connectivity index (χ0v) is 17.4. The molecule has 2 N–H and O–H groups in total. The minimum atomic E-state index is -4.90. The predicted octanol–water partition coefficient (Wildman–Crippen LogP) is 6.04. The van der Waals surface area contributed by atoms with E-state index < -0.39 is 18.3 Å². The Balaban J connectivity index is 1.52. The lowest BCUT2D eigenvalue weighted by atomic mass is 9.91. The number of halogens is 3. The second-order valence-electron chi connectivity index (χ2n) is 7.90. The summed E-state index contributed by atoms with van der Waals surface area (Å²) in [5.41, 5.74) is -1.37. The Labute approximate surface area is 187 Å². The van der Waals surface area contributed by atoms with Crippen molar-refractivity contribution >= 4 is 27.4 Å². The highest BCUT2D eigenvalue weighted by atomic mass is 19.4. The normalized spacial score (nSPS) is 13.8. The number of hydrogen-bond donors (Lipinski definition) is 2. The molecule has 4 nitrogen and oxygen atoms in total. The monoisotopic (exact) mass is 447 g/mol. The first-order valence-electron chi connectivity index (χ1n) is 10.4. The van der Waals surface area contributed by atoms with Gasteiger partial charge in [0.2, 0.25) is 5.60 Å². The lowest BCUT2D eigenvalue weighted by Crippen LogP contribution is -2.47. The number of fused-ring (bicyclic) bond motifs is 2. The molecule has 5 rings (SSSR count). The molecule has 1 aromatic heterocycles. The Bertz CT molecular complexity index is 1420. The lowest BCUT2D eigenvalue weighted by molar-refractivity contribution is -0.260. The fourth-order valence-corrected chi connectivity index (χ4v) is 4.03. The number of nitrogens with one attached hydrogen (secondary N) is 1. The fraction of sp³-hybridized carbons (Fsp3) is 0.115. The largest absolute Gasteiger partial charge is 0.423 e. The lowest BCUT2D eigenvalue weighted by Gasteiger charge is -2.32. The summed E-state index contributed by atoms with van der Waals surface area (Å²) in [4.78, 5) is 0. The van der Waals surface area contributed by atoms with E-state index in [1.807, 2.05) is 60.7 Å². The molecule has 0 spiro atoms. The molecule has 0 bridgehead atoms. The van der Waals surface area contributed by atoms with Crippen LogP contribution in [-0.2, 0) is 5.60 Å². The summed E-state index contributed by atoms with van der Waals surface area (Å²) >= 11 is 0. The van der Waals surface area contributed by atoms with Crippen molar-refractivity contribution in [3.8, 4) is 5.69 Å². The Hall–Kier alpha value is -3.84. The van der Waals surface area contributed by atoms with Crippen molar-refractivity contribution in [2.75, 3.05) is 11.9 Å². The number of benzene rings is 4. The molecular weight excluding hydrogens is 427 g/mol. The van der Waals surface area contributed by atoms with Crippen LogP contribution in [0.4, 0.5) is 18.9 Å². The van der Waals surface area contributed by atoms with Gasteiger partial charge in [0, 0.05) is 16.5 Å². The third-order valence-electron chi connectivity index (χ3n) is 5.84. The fourth-order valence-electron chi connectivity index (χ4n) is 4.03. The van der Waals surface area contributed by atoms with Crippen LogP contribution in [0, 0.1) is 0 Å². The van der Waals surface area contributed by atoms with Crippen LogP contribution >= 0.6 is 0 Å². The van der Waals surface area contributed by atoms with Crippen LogP contribution in [0.1, 0.15) is 5.56 Å². The van der Waals surface area contributed by atoms with Gasteiger partial charge < -0.3 is 10.4 Å². The average Bonchev–Trinajstić information content (AvgIpc) is 3.25. The van der Waals surface area contributed by atoms with E-state index in [-0.39, 0.29) is 5.56 Å². The van der Waals surface area contributed by atoms with Crippen LogP contribution in [0.15, 0.2) is 97.2 Å². The second-order valence-corrected chi connectivity index (χ2v) is 7.90. The van der Waals surface area contributed by atoms with Crippen LogP contribution in [0.5, 0.6) is 0 Å². The Morgan fingerprint density at radius 3 is 2.33 bits per heavy atom. The molecule has 0 aliphatic carbocycles. The first kappa shape index (κ1) is 21.0. The SMILES string of the molecule is OC(CNc1cccc2ccccc12)(c1ccc2c(cnn2-c2ccccc2)c1)C(F)(F)F. The van der Waals surface area contributed by atoms with Crippen molar-refractivity contribution in [1.29, 1.82) is 0 Å². The molecule has 0 saturated heterocycles. The number of hydrogen-bond acceptors (Lipinski definition) is 3. The van der Waals surface area contributed by atoms with E-state index in [9.17, 15) is 18.3 Å². The number of aliphatic hydroxyl groups is 1. The third kappa shape index (κ3) is 3.70. The van der Waals surface area contributed by atoms with Crippen LogP contribution in [0.3, 0.4) is 0 Å². The highest BCUT2D eigenvalue weighted by Crippen LogP contribution is 2.40. The van der Waals surface area contributed by atoms with Crippen LogP contribution in [-0.4, -0.2) is 27.6 Å². The molecule has 0 fully saturated rings. The highest BCUT2D eigenvalue weighted by Gasteiger charge is 2.55. The van der Waals surface area contributed by atoms with Gasteiger partial charge in [0.1, 0.15) is 0 Å². The summed E-state index contributed by atoms with van der Waals surface area (Å²) in [6.45, 7) is -0.733. The van der Waals surface area contributed by atoms with E-state index >= 15 is 0 Å². The average molecular weight is 447 g/mol. The number of aromatic nitrogens is 2. The summed E-state index contributed by atoms with van der Waals surface area (Å²) < 4.78 is 44.2. The van der Waals surface area contributed by atoms with Gasteiger partial charge in [0.15, 0.2) is 0 Å². The standard InChI is InChI=1S/C26H20F3N3O/c27-26(28,29)25(33,17-30-23-12-6-8-18-7-4-5-11-22(18)23)20-13-14-24-19(15-20)16-31-32(24)21-9-2-1-3-10-21/h1-16,30,33H,17H2. The highest BCUT2D eigenvalue weighted by molar-refractivity contribution is 5.93. The third-order valence-corrected chi connectivity index (χ3v) is 5.84. The number of alkyl halides is 3. The number of para-hydroxylation sites is 1. The maximum Gasteiger partial charge on any atom is 0.423 e. The van der Waals surface area contributed by atoms with Gasteiger partial charge in [-0.3, -0.25) is 0 Å². The minimum absolute atomic E-state index is 0.247. The van der Waals surface area contributed by atoms with E-state index in [1.54, 1.807) is 22.9 Å². The van der Waals surface area contributed by atoms with Crippen LogP contribution in [0.2, 0.25) is 0 Å². The molecule has 0 amide bonds. The molecular formula is C26H20F3N3O. The van der Waals surface area contributed by atoms with E-state index in [1.165, 1.54) is 18.3 Å². The maximum absolute atomic E-state index is 14.2. The topological polar surface area (TPSA) is 50.1 Å². The van der Waals surface area contributed by atoms with Crippen molar-refractivity contribution in [3.05, 3.63) is 103 Å². The minimum Gasteiger partial charge on any atom is -0.381 e. The van der Waals surface area contributed by atoms with Gasteiger partial charge in [0.05, 0.1) is 23.9 Å². The molecule has 1 atom stereocenters. The summed E-state index contributed by atoms with van der Waals surface area (Å²) in [5.74, 6) is 0. The van der Waals surface area contributed by atoms with Gasteiger partial charge in [-0.2, -0.15) is 18.3 Å². The molecule has 0 radical (unpaired) electrons. The second kappa shape index (κ2) is 7.94. The van der Waals surface area contributed by atoms with Crippen molar-refractivity contribution in [2.24, 2.45) is 0 Å². The summed E-state index contributed by atoms with van der Waals surface area (Å²) in [6.07, 6.45) is -3.39. The molecule has 0 aliphatic rings. The summed E-state index contributed by atoms with van der Waals surface area (Å²) in [6, 6.07) is 26.3. The Morgan fingerprint density at radius 1 is 0.818 bits per heavy atom. The van der Waals surface area contributed by atoms with Gasteiger partial charge in [-0.05, 0) is 41.3 Å². The van der Waals surface area contributed by atoms with Crippen LogP contribution < -0.4 is 5.32 Å². The van der Waals surface area contributed by atoms with Gasteiger partial charge in [-0.15, -0.1) is 0 Å². The van der Waals surface area contributed by atoms with Crippen molar-refractivity contribution in [2.45, 2.75) is 11.8 Å². The maximum atomic E-state index is 14.2. The quantitative estimate of drug-likeness (QED) is 0.345. The molecule has 1 heterocycles. The Morgan fingerprint density at radius 2 is 1.55 bits per heavy atom. The molecule has 0 saturated carbocycles. The van der Waals surface area contributed by atoms with Gasteiger partial charge in [-0.25, -0.2) is 4.68 Å². The van der Waals surface area contributed by atoms with Gasteiger partial charge >= 0.3 is 6.18 Å². The van der Waals surface area contributed by atoms with E-state index in [0.717, 1.165) is 16.5 Å². The number of anilines is 1. The van der Waals surface area contributed by atoms with Gasteiger partial charge in [0.25, 0.3) is 0 Å². The van der Waals surface area contributed by atoms with Crippen LogP contribution in [0.25, 0.3) is 27.4 Å². The summed E-state index contributed by atoms with van der Waals surface area (Å²) in [7, 11) is 0. The Kier molecular flexibility index (Phi) is 5.06. The molecule has 1 unspecified atom stereocenters. The molecule has 166 valence electrons. The molecule has 0 aliphatic heterocycles. The molecule has 5 aromatic rings. The zero-order valence-electron chi connectivity index (χ0n) is 17.4. The van der Waals surface area contributed by atoms with E-state index in [0.29, 0.717) is 16.6 Å². The number of nitrogens with zero attached hydrogens (tertiary/aromatic N) is 2. The zero-order chi connectivity index (χ0) is 23.1. The molecule has 33 heavy (non-hydrogen) atoms. The first-order chi connectivity index (χ1) is 15.9. The van der Waals surface area contributed by atoms with E-state index in [4.69, 9.17) is 0 Å². The van der Waals surface area contributed by atoms with E-state index in [2.05, 4.69) is 10.4 Å². The predicted molar refractivity (Wildman–Crippen MR) is 123 cm³/mol. The summed E-state index contributed by atoms with van der Waals surface area (Å²) in [5, 5.41) is 20.2. The first-order valence-corrected chi connectivity index (χ1v) is 10.4. The van der Waals surface area contributed by atoms with Gasteiger partial charge in [-0.1, -0.05) is 60.7 Å². The smallest absolute Gasteiger partial charge is 0.381 e.